The average Bonchev–Trinajstić information content (AvgIpc) is 2.75. The zero-order valence-corrected chi connectivity index (χ0v) is 16.3. The number of carbonyl (C=O) groups is 1. The minimum atomic E-state index is -1.45. The van der Waals surface area contributed by atoms with Gasteiger partial charge in [-0.15, -0.1) is 0 Å². The van der Waals surface area contributed by atoms with Crippen LogP contribution in [0.1, 0.15) is 18.1 Å². The number of carboxylic acid groups (broad SMARTS) is 1. The summed E-state index contributed by atoms with van der Waals surface area (Å²) in [4.78, 5) is 16.7. The van der Waals surface area contributed by atoms with Crippen molar-refractivity contribution < 1.29 is 24.5 Å². The molecule has 29 heavy (non-hydrogen) atoms. The van der Waals surface area contributed by atoms with E-state index in [1.807, 2.05) is 43.3 Å². The number of aliphatic imine (C=N–C) groups is 1. The minimum Gasteiger partial charge on any atom is -0.478 e. The molecule has 0 fully saturated rings. The van der Waals surface area contributed by atoms with Crippen LogP contribution in [-0.4, -0.2) is 48.1 Å². The second kappa shape index (κ2) is 8.89. The van der Waals surface area contributed by atoms with Crippen molar-refractivity contribution in [1.29, 1.82) is 0 Å². The van der Waals surface area contributed by atoms with E-state index in [0.717, 1.165) is 0 Å². The fourth-order valence-electron chi connectivity index (χ4n) is 3.48. The molecule has 0 spiro atoms. The Hall–Kier alpha value is -3.16. The number of benzene rings is 2. The third kappa shape index (κ3) is 4.16. The molecule has 1 aliphatic heterocycles. The molecule has 2 aromatic carbocycles. The molecule has 0 amide bonds. The maximum Gasteiger partial charge on any atom is 0.348 e. The van der Waals surface area contributed by atoms with E-state index in [1.54, 1.807) is 30.3 Å². The smallest absolute Gasteiger partial charge is 0.348 e. The molecule has 0 radical (unpaired) electrons. The summed E-state index contributed by atoms with van der Waals surface area (Å²) < 4.78 is 11.8. The van der Waals surface area contributed by atoms with Crippen molar-refractivity contribution in [3.8, 4) is 0 Å². The van der Waals surface area contributed by atoms with E-state index in [1.165, 1.54) is 7.11 Å². The Kier molecular flexibility index (Phi) is 6.31. The summed E-state index contributed by atoms with van der Waals surface area (Å²) in [6.07, 6.45) is 0.287. The Labute approximate surface area is 169 Å². The molecule has 3 N–H and O–H groups in total. The first-order valence-corrected chi connectivity index (χ1v) is 9.23. The lowest BCUT2D eigenvalue weighted by Gasteiger charge is -2.38. The Morgan fingerprint density at radius 1 is 1.14 bits per heavy atom. The maximum absolute atomic E-state index is 12.4. The molecule has 0 saturated carbocycles. The Morgan fingerprint density at radius 2 is 1.69 bits per heavy atom. The Balaban J connectivity index is 2.10. The fraction of sp³-hybridized carbons (Fsp3) is 0.273. The first-order chi connectivity index (χ1) is 14.0. The highest BCUT2D eigenvalue weighted by Gasteiger charge is 2.49. The van der Waals surface area contributed by atoms with Crippen LogP contribution >= 0.6 is 0 Å². The van der Waals surface area contributed by atoms with Crippen LogP contribution in [0.25, 0.3) is 0 Å². The van der Waals surface area contributed by atoms with Crippen LogP contribution in [-0.2, 0) is 19.9 Å². The topological polar surface area (TPSA) is 100 Å². The van der Waals surface area contributed by atoms with Crippen LogP contribution in [0.4, 0.5) is 0 Å². The fourth-order valence-corrected chi connectivity index (χ4v) is 3.48. The van der Waals surface area contributed by atoms with Gasteiger partial charge in [-0.1, -0.05) is 60.7 Å². The summed E-state index contributed by atoms with van der Waals surface area (Å²) >= 11 is 0. The van der Waals surface area contributed by atoms with Crippen molar-refractivity contribution in [2.45, 2.75) is 24.7 Å². The zero-order chi connectivity index (χ0) is 20.9. The van der Waals surface area contributed by atoms with Crippen molar-refractivity contribution in [3.63, 3.8) is 0 Å². The van der Waals surface area contributed by atoms with E-state index in [0.29, 0.717) is 16.8 Å². The highest BCUT2D eigenvalue weighted by Crippen LogP contribution is 2.38. The van der Waals surface area contributed by atoms with Gasteiger partial charge in [0.25, 0.3) is 6.02 Å². The van der Waals surface area contributed by atoms with Gasteiger partial charge in [-0.05, 0) is 24.1 Å². The van der Waals surface area contributed by atoms with Gasteiger partial charge in [-0.25, -0.2) is 9.79 Å². The van der Waals surface area contributed by atoms with E-state index >= 15 is 0 Å². The summed E-state index contributed by atoms with van der Waals surface area (Å²) in [6, 6.07) is 17.9. The normalized spacial score (nSPS) is 17.6. The SMILES string of the molecule is COC(c1ccccc1)(c1ccccc1)C(OC1=NC(C)C=C(CO)N1)C(=O)O. The standard InChI is InChI=1S/C22H24N2O5/c1-15-13-18(14-25)24-21(23-15)29-19(20(26)27)22(28-2,16-9-5-3-6-10-16)17-11-7-4-8-12-17/h3-13,15,19,25H,14H2,1-2H3,(H,23,24)(H,26,27). The van der Waals surface area contributed by atoms with Crippen LogP contribution in [0.2, 0.25) is 0 Å². The van der Waals surface area contributed by atoms with Gasteiger partial charge in [0.2, 0.25) is 6.10 Å². The van der Waals surface area contributed by atoms with Crippen LogP contribution < -0.4 is 5.32 Å². The quantitative estimate of drug-likeness (QED) is 0.664. The van der Waals surface area contributed by atoms with E-state index < -0.39 is 17.7 Å². The summed E-state index contributed by atoms with van der Waals surface area (Å²) in [7, 11) is 1.46. The molecule has 2 aromatic rings. The second-order valence-electron chi connectivity index (χ2n) is 6.66. The van der Waals surface area contributed by atoms with Crippen molar-refractivity contribution in [3.05, 3.63) is 83.6 Å². The van der Waals surface area contributed by atoms with Gasteiger partial charge in [0, 0.05) is 12.8 Å². The van der Waals surface area contributed by atoms with Crippen LogP contribution in [0.15, 0.2) is 77.4 Å². The minimum absolute atomic E-state index is 0.0183. The lowest BCUT2D eigenvalue weighted by atomic mass is 9.81. The number of hydrogen-bond donors (Lipinski definition) is 3. The molecule has 3 rings (SSSR count). The van der Waals surface area contributed by atoms with E-state index in [-0.39, 0.29) is 18.7 Å². The van der Waals surface area contributed by atoms with Crippen molar-refractivity contribution in [1.82, 2.24) is 5.32 Å². The zero-order valence-electron chi connectivity index (χ0n) is 16.3. The average molecular weight is 396 g/mol. The molecule has 0 saturated heterocycles. The molecule has 7 heteroatoms. The monoisotopic (exact) mass is 396 g/mol. The van der Waals surface area contributed by atoms with Gasteiger partial charge in [0.15, 0.2) is 5.60 Å². The molecule has 1 aliphatic rings. The number of carboxylic acids is 1. The van der Waals surface area contributed by atoms with Gasteiger partial charge in [-0.3, -0.25) is 0 Å². The van der Waals surface area contributed by atoms with Gasteiger partial charge in [0.1, 0.15) is 0 Å². The van der Waals surface area contributed by atoms with Gasteiger partial charge >= 0.3 is 5.97 Å². The predicted molar refractivity (Wildman–Crippen MR) is 108 cm³/mol. The van der Waals surface area contributed by atoms with Crippen LogP contribution in [0.5, 0.6) is 0 Å². The molecular weight excluding hydrogens is 372 g/mol. The molecule has 152 valence electrons. The molecule has 0 aliphatic carbocycles. The first kappa shape index (κ1) is 20.6. The lowest BCUT2D eigenvalue weighted by molar-refractivity contribution is -0.161. The summed E-state index contributed by atoms with van der Waals surface area (Å²) in [5.74, 6) is -1.21. The number of hydrogen-bond acceptors (Lipinski definition) is 6. The molecule has 1 heterocycles. The van der Waals surface area contributed by atoms with Gasteiger partial charge < -0.3 is 25.0 Å². The predicted octanol–water partition coefficient (Wildman–Crippen LogP) is 2.27. The van der Waals surface area contributed by atoms with E-state index in [2.05, 4.69) is 10.3 Å². The van der Waals surface area contributed by atoms with Crippen molar-refractivity contribution >= 4 is 12.0 Å². The number of nitrogens with one attached hydrogen (secondary N) is 1. The maximum atomic E-state index is 12.4. The Morgan fingerprint density at radius 3 is 2.14 bits per heavy atom. The third-order valence-corrected chi connectivity index (χ3v) is 4.75. The highest BCUT2D eigenvalue weighted by atomic mass is 16.6. The van der Waals surface area contributed by atoms with E-state index in [4.69, 9.17) is 9.47 Å². The number of ether oxygens (including phenoxy) is 2. The molecular formula is C22H24N2O5. The van der Waals surface area contributed by atoms with Crippen LogP contribution in [0, 0.1) is 0 Å². The number of aliphatic hydroxyl groups excluding tert-OH is 1. The number of aliphatic hydroxyl groups is 1. The number of amidine groups is 1. The summed E-state index contributed by atoms with van der Waals surface area (Å²) in [5.41, 5.74) is 0.323. The van der Waals surface area contributed by atoms with Gasteiger partial charge in [-0.2, -0.15) is 0 Å². The highest BCUT2D eigenvalue weighted by molar-refractivity contribution is 5.83. The molecule has 2 atom stereocenters. The van der Waals surface area contributed by atoms with E-state index in [9.17, 15) is 15.0 Å². The van der Waals surface area contributed by atoms with Gasteiger partial charge in [0.05, 0.1) is 12.6 Å². The number of nitrogens with zero attached hydrogens (tertiary/aromatic N) is 1. The Bertz CT molecular complexity index is 856. The lowest BCUT2D eigenvalue weighted by Crippen LogP contribution is -2.51. The third-order valence-electron chi connectivity index (χ3n) is 4.75. The first-order valence-electron chi connectivity index (χ1n) is 9.23. The molecule has 0 aromatic heterocycles. The molecule has 7 nitrogen and oxygen atoms in total. The second-order valence-corrected chi connectivity index (χ2v) is 6.66. The van der Waals surface area contributed by atoms with Crippen molar-refractivity contribution in [2.75, 3.05) is 13.7 Å². The van der Waals surface area contributed by atoms with Crippen molar-refractivity contribution in [2.24, 2.45) is 4.99 Å². The van der Waals surface area contributed by atoms with Crippen LogP contribution in [0.3, 0.4) is 0 Å². The molecule has 2 unspecified atom stereocenters. The number of methoxy groups -OCH3 is 1. The summed E-state index contributed by atoms with van der Waals surface area (Å²) in [6.45, 7) is 1.57. The largest absolute Gasteiger partial charge is 0.478 e. The number of rotatable bonds is 7. The number of aliphatic carboxylic acids is 1. The summed E-state index contributed by atoms with van der Waals surface area (Å²) in [5, 5.41) is 22.4. The molecule has 0 bridgehead atoms.